The first-order valence-electron chi connectivity index (χ1n) is 4.56. The van der Waals surface area contributed by atoms with Crippen LogP contribution < -0.4 is 0 Å². The summed E-state index contributed by atoms with van der Waals surface area (Å²) in [6.07, 6.45) is 1.43. The zero-order valence-electron chi connectivity index (χ0n) is 8.12. The van der Waals surface area contributed by atoms with Crippen molar-refractivity contribution in [1.82, 2.24) is 0 Å². The maximum absolute atomic E-state index is 11.5. The van der Waals surface area contributed by atoms with Crippen LogP contribution in [0.1, 0.15) is 17.3 Å². The van der Waals surface area contributed by atoms with Gasteiger partial charge in [0.15, 0.2) is 0 Å². The number of furan rings is 1. The first-order valence-corrected chi connectivity index (χ1v) is 5.35. The third-order valence-electron chi connectivity index (χ3n) is 2.03. The molecule has 2 aromatic rings. The van der Waals surface area contributed by atoms with Crippen LogP contribution in [-0.2, 0) is 4.74 Å². The van der Waals surface area contributed by atoms with Crippen LogP contribution >= 0.6 is 15.9 Å². The fraction of sp³-hybridized carbons (Fsp3) is 0.182. The molecular weight excluding hydrogens is 260 g/mol. The van der Waals surface area contributed by atoms with E-state index < -0.39 is 0 Å². The SMILES string of the molecule is CCOC(=O)c1coc2cc(Br)ccc12. The molecule has 1 aromatic carbocycles. The minimum atomic E-state index is -0.349. The molecule has 0 radical (unpaired) electrons. The first-order chi connectivity index (χ1) is 7.22. The molecule has 2 rings (SSSR count). The summed E-state index contributed by atoms with van der Waals surface area (Å²) in [6.45, 7) is 2.14. The Hall–Kier alpha value is -1.29. The van der Waals surface area contributed by atoms with Gasteiger partial charge >= 0.3 is 5.97 Å². The van der Waals surface area contributed by atoms with E-state index in [1.807, 2.05) is 18.2 Å². The number of rotatable bonds is 2. The van der Waals surface area contributed by atoms with E-state index in [0.29, 0.717) is 17.8 Å². The lowest BCUT2D eigenvalue weighted by molar-refractivity contribution is 0.0527. The van der Waals surface area contributed by atoms with Crippen molar-refractivity contribution in [3.63, 3.8) is 0 Å². The molecule has 0 atom stereocenters. The molecule has 0 aliphatic heterocycles. The number of carbonyl (C=O) groups is 1. The first kappa shape index (κ1) is 10.2. The molecule has 15 heavy (non-hydrogen) atoms. The second-order valence-corrected chi connectivity index (χ2v) is 3.93. The molecule has 0 amide bonds. The Labute approximate surface area is 95.1 Å². The van der Waals surface area contributed by atoms with Gasteiger partial charge in [0.25, 0.3) is 0 Å². The van der Waals surface area contributed by atoms with Gasteiger partial charge in [-0.2, -0.15) is 0 Å². The number of hydrogen-bond acceptors (Lipinski definition) is 3. The van der Waals surface area contributed by atoms with Crippen LogP contribution in [0.3, 0.4) is 0 Å². The van der Waals surface area contributed by atoms with Crippen molar-refractivity contribution >= 4 is 32.9 Å². The fourth-order valence-corrected chi connectivity index (χ4v) is 1.71. The smallest absolute Gasteiger partial charge is 0.342 e. The number of esters is 1. The van der Waals surface area contributed by atoms with E-state index in [2.05, 4.69) is 15.9 Å². The average Bonchev–Trinajstić information content (AvgIpc) is 2.60. The molecule has 1 aromatic heterocycles. The van der Waals surface area contributed by atoms with E-state index in [4.69, 9.17) is 9.15 Å². The standard InChI is InChI=1S/C11H9BrO3/c1-2-14-11(13)9-6-15-10-5-7(12)3-4-8(9)10/h3-6H,2H2,1H3. The summed E-state index contributed by atoms with van der Waals surface area (Å²) in [4.78, 5) is 11.5. The third-order valence-corrected chi connectivity index (χ3v) is 2.53. The van der Waals surface area contributed by atoms with Crippen molar-refractivity contribution in [3.05, 3.63) is 34.5 Å². The molecule has 0 aliphatic carbocycles. The highest BCUT2D eigenvalue weighted by Crippen LogP contribution is 2.25. The minimum absolute atomic E-state index is 0.349. The van der Waals surface area contributed by atoms with Gasteiger partial charge in [-0.15, -0.1) is 0 Å². The van der Waals surface area contributed by atoms with Crippen LogP contribution in [0.2, 0.25) is 0 Å². The quantitative estimate of drug-likeness (QED) is 0.784. The van der Waals surface area contributed by atoms with Crippen LogP contribution in [0.15, 0.2) is 33.4 Å². The van der Waals surface area contributed by atoms with Crippen molar-refractivity contribution in [2.24, 2.45) is 0 Å². The Kier molecular flexibility index (Phi) is 2.77. The van der Waals surface area contributed by atoms with E-state index in [-0.39, 0.29) is 5.97 Å². The van der Waals surface area contributed by atoms with Gasteiger partial charge in [0.05, 0.1) is 6.61 Å². The van der Waals surface area contributed by atoms with Crippen LogP contribution in [0.4, 0.5) is 0 Å². The highest BCUT2D eigenvalue weighted by Gasteiger charge is 2.14. The highest BCUT2D eigenvalue weighted by molar-refractivity contribution is 9.10. The molecule has 3 nitrogen and oxygen atoms in total. The summed E-state index contributed by atoms with van der Waals surface area (Å²) in [5, 5.41) is 0.775. The van der Waals surface area contributed by atoms with Crippen LogP contribution in [0.5, 0.6) is 0 Å². The zero-order valence-corrected chi connectivity index (χ0v) is 9.71. The van der Waals surface area contributed by atoms with Gasteiger partial charge in [0, 0.05) is 9.86 Å². The summed E-state index contributed by atoms with van der Waals surface area (Å²) >= 11 is 3.33. The zero-order chi connectivity index (χ0) is 10.8. The van der Waals surface area contributed by atoms with Gasteiger partial charge < -0.3 is 9.15 Å². The third kappa shape index (κ3) is 1.90. The van der Waals surface area contributed by atoms with Crippen LogP contribution in [0, 0.1) is 0 Å². The number of carbonyl (C=O) groups excluding carboxylic acids is 1. The van der Waals surface area contributed by atoms with Gasteiger partial charge in [0.1, 0.15) is 17.4 Å². The fourth-order valence-electron chi connectivity index (χ4n) is 1.37. The summed E-state index contributed by atoms with van der Waals surface area (Å²) in [5.41, 5.74) is 1.15. The Balaban J connectivity index is 2.49. The number of ether oxygens (including phenoxy) is 1. The molecular formula is C11H9BrO3. The molecule has 0 saturated carbocycles. The maximum Gasteiger partial charge on any atom is 0.342 e. The van der Waals surface area contributed by atoms with E-state index in [0.717, 1.165) is 9.86 Å². The predicted octanol–water partition coefficient (Wildman–Crippen LogP) is 3.37. The summed E-state index contributed by atoms with van der Waals surface area (Å²) < 4.78 is 11.1. The maximum atomic E-state index is 11.5. The summed E-state index contributed by atoms with van der Waals surface area (Å²) in [7, 11) is 0. The Morgan fingerprint density at radius 2 is 2.33 bits per heavy atom. The Bertz CT molecular complexity index is 502. The summed E-state index contributed by atoms with van der Waals surface area (Å²) in [5.74, 6) is -0.349. The Morgan fingerprint density at radius 3 is 3.07 bits per heavy atom. The van der Waals surface area contributed by atoms with Gasteiger partial charge in [-0.05, 0) is 25.1 Å². The highest BCUT2D eigenvalue weighted by atomic mass is 79.9. The molecule has 78 valence electrons. The second kappa shape index (κ2) is 4.06. The van der Waals surface area contributed by atoms with E-state index >= 15 is 0 Å². The van der Waals surface area contributed by atoms with Crippen molar-refractivity contribution in [3.8, 4) is 0 Å². The lowest BCUT2D eigenvalue weighted by atomic mass is 10.2. The minimum Gasteiger partial charge on any atom is -0.463 e. The van der Waals surface area contributed by atoms with Crippen LogP contribution in [0.25, 0.3) is 11.0 Å². The number of benzene rings is 1. The average molecular weight is 269 g/mol. The lowest BCUT2D eigenvalue weighted by Gasteiger charge is -1.98. The molecule has 0 unspecified atom stereocenters. The molecule has 0 saturated heterocycles. The molecule has 0 spiro atoms. The van der Waals surface area contributed by atoms with Gasteiger partial charge in [0.2, 0.25) is 0 Å². The van der Waals surface area contributed by atoms with E-state index in [1.54, 1.807) is 6.92 Å². The van der Waals surface area contributed by atoms with Gasteiger partial charge in [-0.3, -0.25) is 0 Å². The molecule has 0 N–H and O–H groups in total. The van der Waals surface area contributed by atoms with Crippen LogP contribution in [-0.4, -0.2) is 12.6 Å². The number of halogens is 1. The molecule has 0 bridgehead atoms. The monoisotopic (exact) mass is 268 g/mol. The molecule has 1 heterocycles. The van der Waals surface area contributed by atoms with Crippen molar-refractivity contribution in [2.75, 3.05) is 6.61 Å². The largest absolute Gasteiger partial charge is 0.463 e. The topological polar surface area (TPSA) is 39.4 Å². The van der Waals surface area contributed by atoms with Crippen molar-refractivity contribution < 1.29 is 13.9 Å². The lowest BCUT2D eigenvalue weighted by Crippen LogP contribution is -2.03. The normalized spacial score (nSPS) is 10.5. The predicted molar refractivity (Wildman–Crippen MR) is 59.9 cm³/mol. The van der Waals surface area contributed by atoms with Crippen molar-refractivity contribution in [2.45, 2.75) is 6.92 Å². The van der Waals surface area contributed by atoms with E-state index in [9.17, 15) is 4.79 Å². The van der Waals surface area contributed by atoms with Gasteiger partial charge in [-0.25, -0.2) is 4.79 Å². The molecule has 0 aliphatic rings. The Morgan fingerprint density at radius 1 is 1.53 bits per heavy atom. The second-order valence-electron chi connectivity index (χ2n) is 3.01. The summed E-state index contributed by atoms with van der Waals surface area (Å²) in [6, 6.07) is 5.51. The molecule has 4 heteroatoms. The number of fused-ring (bicyclic) bond motifs is 1. The van der Waals surface area contributed by atoms with E-state index in [1.165, 1.54) is 6.26 Å². The molecule has 0 fully saturated rings. The van der Waals surface area contributed by atoms with Crippen molar-refractivity contribution in [1.29, 1.82) is 0 Å². The number of hydrogen-bond donors (Lipinski definition) is 0. The van der Waals surface area contributed by atoms with Gasteiger partial charge in [-0.1, -0.05) is 15.9 Å².